The number of ether oxygens (including phenoxy) is 1. The smallest absolute Gasteiger partial charge is 0.328 e. The number of rotatable bonds is 9. The van der Waals surface area contributed by atoms with Crippen LogP contribution in [0.15, 0.2) is 18.2 Å². The van der Waals surface area contributed by atoms with Crippen LogP contribution in [0.25, 0.3) is 6.08 Å². The van der Waals surface area contributed by atoms with Gasteiger partial charge < -0.3 is 15.2 Å². The summed E-state index contributed by atoms with van der Waals surface area (Å²) in [6.45, 7) is 1.96. The third-order valence-corrected chi connectivity index (χ3v) is 3.58. The van der Waals surface area contributed by atoms with Crippen LogP contribution in [0.2, 0.25) is 0 Å². The van der Waals surface area contributed by atoms with Crippen LogP contribution >= 0.6 is 11.3 Å². The summed E-state index contributed by atoms with van der Waals surface area (Å²) in [7, 11) is 3.45. The van der Waals surface area contributed by atoms with E-state index in [2.05, 4.69) is 5.32 Å². The summed E-state index contributed by atoms with van der Waals surface area (Å²) in [5.41, 5.74) is 0. The van der Waals surface area contributed by atoms with Crippen LogP contribution in [0.5, 0.6) is 0 Å². The molecule has 1 rings (SSSR count). The number of methoxy groups -OCH3 is 1. The maximum absolute atomic E-state index is 11.6. The van der Waals surface area contributed by atoms with Crippen LogP contribution in [-0.2, 0) is 20.9 Å². The normalized spacial score (nSPS) is 11.2. The highest BCUT2D eigenvalue weighted by molar-refractivity contribution is 7.12. The van der Waals surface area contributed by atoms with Gasteiger partial charge in [0.05, 0.1) is 13.2 Å². The minimum Gasteiger partial charge on any atom is -0.478 e. The molecule has 0 aliphatic carbocycles. The lowest BCUT2D eigenvalue weighted by Crippen LogP contribution is -2.36. The van der Waals surface area contributed by atoms with Crippen LogP contribution in [0.3, 0.4) is 0 Å². The van der Waals surface area contributed by atoms with E-state index in [4.69, 9.17) is 9.84 Å². The van der Waals surface area contributed by atoms with Gasteiger partial charge in [0.2, 0.25) is 5.91 Å². The number of hydrogen-bond acceptors (Lipinski definition) is 5. The Morgan fingerprint density at radius 1 is 1.48 bits per heavy atom. The van der Waals surface area contributed by atoms with Crippen molar-refractivity contribution in [3.05, 3.63) is 28.0 Å². The maximum Gasteiger partial charge on any atom is 0.328 e. The minimum absolute atomic E-state index is 0.0443. The summed E-state index contributed by atoms with van der Waals surface area (Å²) >= 11 is 1.51. The molecule has 0 radical (unpaired) electrons. The first kappa shape index (κ1) is 17.4. The SMILES string of the molecule is COCCNC(=O)CN(C)Cc1ccc(C=CC(=O)O)s1. The molecule has 0 saturated heterocycles. The third-order valence-electron chi connectivity index (χ3n) is 2.54. The van der Waals surface area contributed by atoms with Crippen LogP contribution in [0, 0.1) is 0 Å². The van der Waals surface area contributed by atoms with E-state index < -0.39 is 5.97 Å². The van der Waals surface area contributed by atoms with Gasteiger partial charge in [-0.05, 0) is 25.3 Å². The fraction of sp³-hybridized carbons (Fsp3) is 0.429. The molecule has 0 saturated carbocycles. The van der Waals surface area contributed by atoms with Crippen molar-refractivity contribution in [3.8, 4) is 0 Å². The molecule has 6 nitrogen and oxygen atoms in total. The molecule has 0 aliphatic rings. The number of carbonyl (C=O) groups excluding carboxylic acids is 1. The predicted octanol–water partition coefficient (Wildman–Crippen LogP) is 1.04. The van der Waals surface area contributed by atoms with Gasteiger partial charge in [-0.2, -0.15) is 0 Å². The number of carboxylic acid groups (broad SMARTS) is 1. The van der Waals surface area contributed by atoms with E-state index >= 15 is 0 Å². The second-order valence-corrected chi connectivity index (χ2v) is 5.69. The molecule has 0 atom stereocenters. The molecule has 1 aromatic heterocycles. The lowest BCUT2D eigenvalue weighted by Gasteiger charge is -2.15. The maximum atomic E-state index is 11.6. The van der Waals surface area contributed by atoms with Gasteiger partial charge in [0.25, 0.3) is 0 Å². The Labute approximate surface area is 128 Å². The Hall–Kier alpha value is -1.70. The molecule has 1 heterocycles. The number of nitrogens with one attached hydrogen (secondary N) is 1. The second-order valence-electron chi connectivity index (χ2n) is 4.49. The molecule has 0 fully saturated rings. The first-order valence-corrected chi connectivity index (χ1v) is 7.27. The van der Waals surface area contributed by atoms with Crippen molar-refractivity contribution in [1.29, 1.82) is 0 Å². The number of nitrogens with zero attached hydrogens (tertiary/aromatic N) is 1. The molecule has 1 amide bonds. The molecular formula is C14H20N2O4S. The minimum atomic E-state index is -0.963. The molecular weight excluding hydrogens is 292 g/mol. The predicted molar refractivity (Wildman–Crippen MR) is 82.2 cm³/mol. The summed E-state index contributed by atoms with van der Waals surface area (Å²) in [5, 5.41) is 11.3. The average Bonchev–Trinajstić information content (AvgIpc) is 2.84. The highest BCUT2D eigenvalue weighted by Gasteiger charge is 2.08. The monoisotopic (exact) mass is 312 g/mol. The van der Waals surface area contributed by atoms with Gasteiger partial charge in [0.1, 0.15) is 0 Å². The molecule has 0 aromatic carbocycles. The quantitative estimate of drug-likeness (QED) is 0.526. The topological polar surface area (TPSA) is 78.9 Å². The van der Waals surface area contributed by atoms with Gasteiger partial charge in [-0.3, -0.25) is 9.69 Å². The van der Waals surface area contributed by atoms with Gasteiger partial charge in [-0.15, -0.1) is 11.3 Å². The van der Waals surface area contributed by atoms with Crippen molar-refractivity contribution in [2.75, 3.05) is 33.9 Å². The van der Waals surface area contributed by atoms with Crippen molar-refractivity contribution < 1.29 is 19.4 Å². The van der Waals surface area contributed by atoms with E-state index in [1.807, 2.05) is 24.1 Å². The number of carbonyl (C=O) groups is 2. The lowest BCUT2D eigenvalue weighted by atomic mass is 10.3. The summed E-state index contributed by atoms with van der Waals surface area (Å²) < 4.78 is 4.86. The Kier molecular flexibility index (Phi) is 7.66. The number of hydrogen-bond donors (Lipinski definition) is 2. The van der Waals surface area contributed by atoms with E-state index in [9.17, 15) is 9.59 Å². The molecule has 21 heavy (non-hydrogen) atoms. The van der Waals surface area contributed by atoms with E-state index in [1.54, 1.807) is 13.2 Å². The van der Waals surface area contributed by atoms with Gasteiger partial charge in [-0.1, -0.05) is 0 Å². The third kappa shape index (κ3) is 7.60. The van der Waals surface area contributed by atoms with Crippen LogP contribution in [0.4, 0.5) is 0 Å². The average molecular weight is 312 g/mol. The zero-order valence-electron chi connectivity index (χ0n) is 12.2. The van der Waals surface area contributed by atoms with Crippen LogP contribution in [0.1, 0.15) is 9.75 Å². The van der Waals surface area contributed by atoms with E-state index in [0.29, 0.717) is 26.2 Å². The number of aliphatic carboxylic acids is 1. The van der Waals surface area contributed by atoms with E-state index in [-0.39, 0.29) is 5.91 Å². The molecule has 0 bridgehead atoms. The summed E-state index contributed by atoms with van der Waals surface area (Å²) in [5.74, 6) is -1.01. The Morgan fingerprint density at radius 3 is 2.90 bits per heavy atom. The van der Waals surface area contributed by atoms with Gasteiger partial charge in [-0.25, -0.2) is 4.79 Å². The standard InChI is InChI=1S/C14H20N2O4S/c1-16(10-13(17)15-7-8-20-2)9-12-4-3-11(21-12)5-6-14(18)19/h3-6H,7-10H2,1-2H3,(H,15,17)(H,18,19). The first-order valence-electron chi connectivity index (χ1n) is 6.45. The fourth-order valence-corrected chi connectivity index (χ4v) is 2.63. The largest absolute Gasteiger partial charge is 0.478 e. The number of likely N-dealkylation sites (N-methyl/N-ethyl adjacent to an activating group) is 1. The molecule has 2 N–H and O–H groups in total. The summed E-state index contributed by atoms with van der Waals surface area (Å²) in [4.78, 5) is 25.9. The van der Waals surface area contributed by atoms with Crippen molar-refractivity contribution in [2.24, 2.45) is 0 Å². The Morgan fingerprint density at radius 2 is 2.24 bits per heavy atom. The molecule has 7 heteroatoms. The first-order chi connectivity index (χ1) is 10.0. The van der Waals surface area contributed by atoms with Gasteiger partial charge in [0, 0.05) is 36.0 Å². The van der Waals surface area contributed by atoms with E-state index in [0.717, 1.165) is 15.8 Å². The molecule has 0 unspecified atom stereocenters. The lowest BCUT2D eigenvalue weighted by molar-refractivity contribution is -0.131. The van der Waals surface area contributed by atoms with Crippen molar-refractivity contribution >= 4 is 29.3 Å². The molecule has 0 spiro atoms. The zero-order valence-corrected chi connectivity index (χ0v) is 13.0. The van der Waals surface area contributed by atoms with Crippen LogP contribution < -0.4 is 5.32 Å². The highest BCUT2D eigenvalue weighted by atomic mass is 32.1. The second kappa shape index (κ2) is 9.28. The Balaban J connectivity index is 2.39. The summed E-state index contributed by atoms with van der Waals surface area (Å²) in [6, 6.07) is 3.80. The number of thiophene rings is 1. The Bertz CT molecular complexity index is 499. The van der Waals surface area contributed by atoms with Gasteiger partial charge in [0.15, 0.2) is 0 Å². The van der Waals surface area contributed by atoms with Crippen molar-refractivity contribution in [3.63, 3.8) is 0 Å². The molecule has 116 valence electrons. The fourth-order valence-electron chi connectivity index (χ4n) is 1.64. The van der Waals surface area contributed by atoms with Crippen molar-refractivity contribution in [1.82, 2.24) is 10.2 Å². The van der Waals surface area contributed by atoms with Gasteiger partial charge >= 0.3 is 5.97 Å². The number of carboxylic acids is 1. The van der Waals surface area contributed by atoms with Crippen LogP contribution in [-0.4, -0.2) is 55.7 Å². The zero-order chi connectivity index (χ0) is 15.7. The van der Waals surface area contributed by atoms with E-state index in [1.165, 1.54) is 11.3 Å². The number of amides is 1. The molecule has 1 aromatic rings. The summed E-state index contributed by atoms with van der Waals surface area (Å²) in [6.07, 6.45) is 2.68. The van der Waals surface area contributed by atoms with Crippen molar-refractivity contribution in [2.45, 2.75) is 6.54 Å². The molecule has 0 aliphatic heterocycles. The highest BCUT2D eigenvalue weighted by Crippen LogP contribution is 2.19.